The molecule has 0 saturated carbocycles. The van der Waals surface area contributed by atoms with Crippen molar-refractivity contribution in [3.8, 4) is 5.69 Å². The monoisotopic (exact) mass is 203 g/mol. The minimum absolute atomic E-state index is 1.30. The van der Waals surface area contributed by atoms with Crippen molar-refractivity contribution < 1.29 is 4.57 Å². The first-order chi connectivity index (χ1) is 7.13. The topological polar surface area (TPSA) is 10.1 Å². The first-order valence-electron chi connectivity index (χ1n) is 5.06. The van der Waals surface area contributed by atoms with E-state index in [2.05, 4.69) is 54.6 Å². The van der Waals surface area contributed by atoms with E-state index < -0.39 is 0 Å². The second-order valence-corrected chi connectivity index (χ2v) is 4.12. The Bertz CT molecular complexity index is 484. The first kappa shape index (κ1) is 9.90. The van der Waals surface area contributed by atoms with Gasteiger partial charge in [-0.05, 0) is 0 Å². The maximum atomic E-state index is 2.16. The second-order valence-electron chi connectivity index (χ2n) is 4.12. The van der Waals surface area contributed by atoms with E-state index in [1.165, 1.54) is 16.7 Å². The lowest BCUT2D eigenvalue weighted by atomic mass is 10.5. The Morgan fingerprint density at radius 2 is 1.67 bits per heavy atom. The van der Waals surface area contributed by atoms with Crippen LogP contribution in [0.2, 0.25) is 0 Å². The summed E-state index contributed by atoms with van der Waals surface area (Å²) in [6.45, 7) is 0. The highest BCUT2D eigenvalue weighted by Gasteiger charge is 2.38. The quantitative estimate of drug-likeness (QED) is 0.622. The highest BCUT2D eigenvalue weighted by atomic mass is 15.2. The predicted molar refractivity (Wildman–Crippen MR) is 61.8 cm³/mol. The Hall–Kier alpha value is -1.64. The van der Waals surface area contributed by atoms with E-state index in [0.29, 0.717) is 0 Å². The lowest BCUT2D eigenvalue weighted by Gasteiger charge is -1.99. The summed E-state index contributed by atoms with van der Waals surface area (Å²) in [7, 11) is 8.31. The lowest BCUT2D eigenvalue weighted by Crippen LogP contribution is -2.30. The smallest absolute Gasteiger partial charge is 0.315 e. The molecule has 0 atom stereocenters. The van der Waals surface area contributed by atoms with Gasteiger partial charge in [0.1, 0.15) is 14.1 Å². The molecule has 15 heavy (non-hydrogen) atoms. The van der Waals surface area contributed by atoms with Crippen LogP contribution in [-0.2, 0) is 0 Å². The second kappa shape index (κ2) is 3.50. The van der Waals surface area contributed by atoms with Gasteiger partial charge in [0.2, 0.25) is 0 Å². The van der Waals surface area contributed by atoms with Crippen molar-refractivity contribution in [2.75, 3.05) is 33.1 Å². The summed E-state index contributed by atoms with van der Waals surface area (Å²) < 4.78 is 4.31. The Morgan fingerprint density at radius 1 is 1.07 bits per heavy atom. The van der Waals surface area contributed by atoms with Gasteiger partial charge in [-0.2, -0.15) is 4.57 Å². The lowest BCUT2D eigenvalue weighted by molar-refractivity contribution is -0.592. The molecule has 0 aliphatic rings. The van der Waals surface area contributed by atoms with Crippen LogP contribution in [0, 0.1) is 0 Å². The molecule has 3 nitrogen and oxygen atoms in total. The molecule has 2 rings (SSSR count). The maximum Gasteiger partial charge on any atom is 0.315 e. The Labute approximate surface area is 90.2 Å². The molecule has 0 fully saturated rings. The Balaban J connectivity index is 2.52. The van der Waals surface area contributed by atoms with Gasteiger partial charge in [-0.1, -0.05) is 6.07 Å². The van der Waals surface area contributed by atoms with E-state index in [0.717, 1.165) is 0 Å². The van der Waals surface area contributed by atoms with Crippen LogP contribution in [0.15, 0.2) is 30.6 Å². The SMILES string of the molecule is CN(C)c1c(-[n+]2ccccc2)c1=[N+](C)C. The van der Waals surface area contributed by atoms with Crippen LogP contribution < -0.4 is 19.4 Å². The molecule has 1 aromatic carbocycles. The third-order valence-electron chi connectivity index (χ3n) is 2.48. The molecule has 0 bridgehead atoms. The van der Waals surface area contributed by atoms with Gasteiger partial charge in [-0.3, -0.25) is 0 Å². The molecular formula is C12H17N3+2. The van der Waals surface area contributed by atoms with Crippen molar-refractivity contribution in [1.82, 2.24) is 4.58 Å². The molecule has 1 aromatic heterocycles. The van der Waals surface area contributed by atoms with Gasteiger partial charge < -0.3 is 4.90 Å². The summed E-state index contributed by atoms with van der Waals surface area (Å²) >= 11 is 0. The number of pyridine rings is 1. The van der Waals surface area contributed by atoms with E-state index in [1.807, 2.05) is 18.2 Å². The van der Waals surface area contributed by atoms with Crippen molar-refractivity contribution in [2.45, 2.75) is 0 Å². The first-order valence-corrected chi connectivity index (χ1v) is 5.06. The zero-order chi connectivity index (χ0) is 11.0. The normalized spacial score (nSPS) is 10.7. The average Bonchev–Trinajstić information content (AvgIpc) is 2.94. The molecule has 0 saturated heterocycles. The fourth-order valence-corrected chi connectivity index (χ4v) is 1.80. The van der Waals surface area contributed by atoms with E-state index in [9.17, 15) is 0 Å². The summed E-state index contributed by atoms with van der Waals surface area (Å²) in [5, 5.41) is 1.32. The third kappa shape index (κ3) is 1.65. The summed E-state index contributed by atoms with van der Waals surface area (Å²) in [5.74, 6) is 0. The van der Waals surface area contributed by atoms with Crippen LogP contribution in [-0.4, -0.2) is 28.2 Å². The number of anilines is 1. The molecule has 3 heteroatoms. The molecule has 2 aromatic rings. The van der Waals surface area contributed by atoms with Crippen molar-refractivity contribution in [3.05, 3.63) is 36.0 Å². The van der Waals surface area contributed by atoms with Crippen LogP contribution in [0.5, 0.6) is 0 Å². The highest BCUT2D eigenvalue weighted by molar-refractivity contribution is 5.71. The van der Waals surface area contributed by atoms with Crippen molar-refractivity contribution in [3.63, 3.8) is 0 Å². The van der Waals surface area contributed by atoms with Gasteiger partial charge >= 0.3 is 11.0 Å². The number of nitrogens with zero attached hydrogens (tertiary/aromatic N) is 3. The standard InChI is InChI=1S/C12H17N3/c1-13(2)10-11(14(3)4)12(10)15-8-6-5-7-9-15/h5-9H,1-4H3/q+2. The van der Waals surface area contributed by atoms with Gasteiger partial charge in [-0.25, -0.2) is 4.58 Å². The van der Waals surface area contributed by atoms with Crippen molar-refractivity contribution in [2.24, 2.45) is 0 Å². The number of hydrogen-bond donors (Lipinski definition) is 0. The van der Waals surface area contributed by atoms with Crippen molar-refractivity contribution >= 4 is 5.69 Å². The van der Waals surface area contributed by atoms with Gasteiger partial charge in [0.05, 0.1) is 0 Å². The zero-order valence-corrected chi connectivity index (χ0v) is 9.73. The molecule has 0 spiro atoms. The number of rotatable bonds is 2. The fraction of sp³-hybridized carbons (Fsp3) is 0.333. The van der Waals surface area contributed by atoms with E-state index >= 15 is 0 Å². The third-order valence-corrected chi connectivity index (χ3v) is 2.48. The number of hydrogen-bond acceptors (Lipinski definition) is 1. The number of aromatic nitrogens is 1. The van der Waals surface area contributed by atoms with Crippen LogP contribution >= 0.6 is 0 Å². The molecule has 0 amide bonds. The minimum Gasteiger partial charge on any atom is -0.366 e. The van der Waals surface area contributed by atoms with E-state index in [4.69, 9.17) is 0 Å². The van der Waals surface area contributed by atoms with Crippen LogP contribution in [0.3, 0.4) is 0 Å². The molecule has 78 valence electrons. The summed E-state index contributed by atoms with van der Waals surface area (Å²) in [6.07, 6.45) is 4.16. The molecular weight excluding hydrogens is 186 g/mol. The summed E-state index contributed by atoms with van der Waals surface area (Å²) in [5.41, 5.74) is 2.61. The van der Waals surface area contributed by atoms with Crippen molar-refractivity contribution in [1.29, 1.82) is 0 Å². The van der Waals surface area contributed by atoms with Gasteiger partial charge in [-0.15, -0.1) is 0 Å². The van der Waals surface area contributed by atoms with Gasteiger partial charge in [0.15, 0.2) is 18.1 Å². The average molecular weight is 203 g/mol. The van der Waals surface area contributed by atoms with E-state index in [1.54, 1.807) is 0 Å². The minimum atomic E-state index is 1.30. The predicted octanol–water partition coefficient (Wildman–Crippen LogP) is -0.0633. The molecule has 0 radical (unpaired) electrons. The maximum absolute atomic E-state index is 2.16. The Kier molecular flexibility index (Phi) is 2.31. The molecule has 0 N–H and O–H groups in total. The van der Waals surface area contributed by atoms with Gasteiger partial charge in [0, 0.05) is 26.2 Å². The van der Waals surface area contributed by atoms with Crippen LogP contribution in [0.1, 0.15) is 0 Å². The largest absolute Gasteiger partial charge is 0.366 e. The molecule has 1 heterocycles. The zero-order valence-electron chi connectivity index (χ0n) is 9.73. The van der Waals surface area contributed by atoms with Crippen LogP contribution in [0.25, 0.3) is 5.69 Å². The molecule has 0 aliphatic carbocycles. The van der Waals surface area contributed by atoms with E-state index in [-0.39, 0.29) is 0 Å². The van der Waals surface area contributed by atoms with Gasteiger partial charge in [0.25, 0.3) is 0 Å². The summed E-state index contributed by atoms with van der Waals surface area (Å²) in [4.78, 5) is 2.16. The molecule has 0 unspecified atom stereocenters. The Morgan fingerprint density at radius 3 is 2.07 bits per heavy atom. The highest BCUT2D eigenvalue weighted by Crippen LogP contribution is 2.18. The molecule has 0 aliphatic heterocycles. The summed E-state index contributed by atoms with van der Waals surface area (Å²) in [6, 6.07) is 6.13. The fourth-order valence-electron chi connectivity index (χ4n) is 1.80. The van der Waals surface area contributed by atoms with Crippen LogP contribution in [0.4, 0.5) is 5.69 Å².